The zero-order chi connectivity index (χ0) is 17.4. The van der Waals surface area contributed by atoms with Crippen LogP contribution in [0.1, 0.15) is 10.6 Å². The van der Waals surface area contributed by atoms with Gasteiger partial charge in [-0.25, -0.2) is 0 Å². The molecule has 0 fully saturated rings. The lowest BCUT2D eigenvalue weighted by molar-refractivity contribution is 0.0997. The van der Waals surface area contributed by atoms with Crippen LogP contribution in [0, 0.1) is 0 Å². The second kappa shape index (κ2) is 6.51. The largest absolute Gasteiger partial charge is 0.451 e. The van der Waals surface area contributed by atoms with Gasteiger partial charge in [-0.05, 0) is 40.2 Å². The molecule has 0 bridgehead atoms. The molecule has 4 aromatic rings. The van der Waals surface area contributed by atoms with Crippen molar-refractivity contribution in [2.75, 3.05) is 5.32 Å². The lowest BCUT2D eigenvalue weighted by atomic mass is 10.2. The molecular formula is C16H8BrN3O3S2. The molecule has 124 valence electrons. The number of fused-ring (bicyclic) bond motifs is 1. The Morgan fingerprint density at radius 3 is 2.84 bits per heavy atom. The topological polar surface area (TPSA) is 85.1 Å². The van der Waals surface area contributed by atoms with E-state index in [1.807, 2.05) is 12.1 Å². The molecule has 25 heavy (non-hydrogen) atoms. The standard InChI is InChI=1S/C16H8BrN3O3S2/c17-13-6-5-12(24-13)14-18-16(25-20-14)19-15(22)11-7-9(21)8-3-1-2-4-10(8)23-11/h1-7H,(H,18,19,20,22). The molecule has 0 spiro atoms. The molecule has 1 aromatic carbocycles. The predicted octanol–water partition coefficient (Wildman–Crippen LogP) is 4.39. The first kappa shape index (κ1) is 16.1. The number of anilines is 1. The van der Waals surface area contributed by atoms with Crippen LogP contribution >= 0.6 is 38.8 Å². The lowest BCUT2D eigenvalue weighted by Crippen LogP contribution is -2.14. The van der Waals surface area contributed by atoms with Crippen LogP contribution in [0.4, 0.5) is 5.13 Å². The molecule has 0 aliphatic rings. The number of benzene rings is 1. The molecule has 9 heteroatoms. The molecule has 0 unspecified atom stereocenters. The van der Waals surface area contributed by atoms with E-state index in [4.69, 9.17) is 4.42 Å². The number of para-hydroxylation sites is 1. The molecule has 1 amide bonds. The van der Waals surface area contributed by atoms with Crippen molar-refractivity contribution in [1.82, 2.24) is 9.36 Å². The summed E-state index contributed by atoms with van der Waals surface area (Å²) in [4.78, 5) is 29.6. The second-order valence-electron chi connectivity index (χ2n) is 4.95. The summed E-state index contributed by atoms with van der Waals surface area (Å²) < 4.78 is 10.7. The van der Waals surface area contributed by atoms with E-state index < -0.39 is 5.91 Å². The third-order valence-electron chi connectivity index (χ3n) is 3.30. The highest BCUT2D eigenvalue weighted by molar-refractivity contribution is 9.11. The number of rotatable bonds is 3. The van der Waals surface area contributed by atoms with Gasteiger partial charge in [-0.3, -0.25) is 14.9 Å². The maximum Gasteiger partial charge on any atom is 0.293 e. The Labute approximate surface area is 157 Å². The molecule has 0 aliphatic heterocycles. The summed E-state index contributed by atoms with van der Waals surface area (Å²) in [5.74, 6) is -0.0757. The predicted molar refractivity (Wildman–Crippen MR) is 101 cm³/mol. The summed E-state index contributed by atoms with van der Waals surface area (Å²) in [5.41, 5.74) is 0.0925. The highest BCUT2D eigenvalue weighted by atomic mass is 79.9. The molecular weight excluding hydrogens is 426 g/mol. The van der Waals surface area contributed by atoms with E-state index in [-0.39, 0.29) is 11.2 Å². The fourth-order valence-corrected chi connectivity index (χ4v) is 4.14. The van der Waals surface area contributed by atoms with Gasteiger partial charge < -0.3 is 4.42 Å². The van der Waals surface area contributed by atoms with Crippen LogP contribution < -0.4 is 10.7 Å². The van der Waals surface area contributed by atoms with Crippen LogP contribution in [-0.2, 0) is 0 Å². The van der Waals surface area contributed by atoms with Crippen LogP contribution in [0.25, 0.3) is 21.7 Å². The normalized spacial score (nSPS) is 10.9. The van der Waals surface area contributed by atoms with Crippen LogP contribution in [0.3, 0.4) is 0 Å². The van der Waals surface area contributed by atoms with Gasteiger partial charge in [-0.1, -0.05) is 12.1 Å². The molecule has 3 aromatic heterocycles. The number of amides is 1. The number of nitrogens with one attached hydrogen (secondary N) is 1. The van der Waals surface area contributed by atoms with E-state index in [2.05, 4.69) is 30.6 Å². The van der Waals surface area contributed by atoms with Crippen molar-refractivity contribution in [2.24, 2.45) is 0 Å². The third kappa shape index (κ3) is 3.26. The maximum atomic E-state index is 12.4. The molecule has 6 nitrogen and oxygen atoms in total. The molecule has 1 N–H and O–H groups in total. The van der Waals surface area contributed by atoms with E-state index in [1.165, 1.54) is 17.4 Å². The highest BCUT2D eigenvalue weighted by Crippen LogP contribution is 2.31. The van der Waals surface area contributed by atoms with Gasteiger partial charge in [0.05, 0.1) is 14.0 Å². The number of hydrogen-bond acceptors (Lipinski definition) is 7. The number of hydrogen-bond donors (Lipinski definition) is 1. The van der Waals surface area contributed by atoms with Crippen molar-refractivity contribution in [3.8, 4) is 10.7 Å². The molecule has 0 saturated carbocycles. The Balaban J connectivity index is 1.60. The summed E-state index contributed by atoms with van der Waals surface area (Å²) in [6.45, 7) is 0. The van der Waals surface area contributed by atoms with Gasteiger partial charge in [0, 0.05) is 17.6 Å². The number of aromatic nitrogens is 2. The number of carbonyl (C=O) groups is 1. The quantitative estimate of drug-likeness (QED) is 0.517. The summed E-state index contributed by atoms with van der Waals surface area (Å²) in [6.07, 6.45) is 0. The smallest absolute Gasteiger partial charge is 0.293 e. The van der Waals surface area contributed by atoms with Crippen molar-refractivity contribution in [3.63, 3.8) is 0 Å². The van der Waals surface area contributed by atoms with Gasteiger partial charge in [0.1, 0.15) is 5.58 Å². The fourth-order valence-electron chi connectivity index (χ4n) is 2.18. The van der Waals surface area contributed by atoms with E-state index >= 15 is 0 Å². The molecule has 0 atom stereocenters. The first-order chi connectivity index (χ1) is 12.1. The minimum atomic E-state index is -0.544. The zero-order valence-corrected chi connectivity index (χ0v) is 15.6. The average Bonchev–Trinajstić information content (AvgIpc) is 3.23. The van der Waals surface area contributed by atoms with Gasteiger partial charge in [0.2, 0.25) is 5.13 Å². The van der Waals surface area contributed by atoms with Crippen LogP contribution in [-0.4, -0.2) is 15.3 Å². The Morgan fingerprint density at radius 2 is 2.04 bits per heavy atom. The number of thiophene rings is 1. The first-order valence-electron chi connectivity index (χ1n) is 7.04. The van der Waals surface area contributed by atoms with E-state index in [0.717, 1.165) is 20.2 Å². The minimum Gasteiger partial charge on any atom is -0.451 e. The average molecular weight is 434 g/mol. The van der Waals surface area contributed by atoms with Crippen molar-refractivity contribution in [2.45, 2.75) is 0 Å². The lowest BCUT2D eigenvalue weighted by Gasteiger charge is -2.02. The summed E-state index contributed by atoms with van der Waals surface area (Å²) >= 11 is 5.95. The molecule has 0 aliphatic carbocycles. The van der Waals surface area contributed by atoms with E-state index in [9.17, 15) is 9.59 Å². The summed E-state index contributed by atoms with van der Waals surface area (Å²) in [6, 6.07) is 11.8. The Kier molecular flexibility index (Phi) is 4.20. The van der Waals surface area contributed by atoms with Crippen molar-refractivity contribution < 1.29 is 9.21 Å². The number of nitrogens with zero attached hydrogens (tertiary/aromatic N) is 2. The SMILES string of the molecule is O=C(Nc1nc(-c2ccc(Br)s2)ns1)c1cc(=O)c2ccccc2o1. The van der Waals surface area contributed by atoms with Crippen LogP contribution in [0.15, 0.2) is 55.5 Å². The third-order valence-corrected chi connectivity index (χ3v) is 5.55. The summed E-state index contributed by atoms with van der Waals surface area (Å²) in [5, 5.41) is 3.38. The van der Waals surface area contributed by atoms with Gasteiger partial charge in [0.15, 0.2) is 17.0 Å². The minimum absolute atomic E-state index is 0.0701. The van der Waals surface area contributed by atoms with Crippen molar-refractivity contribution >= 4 is 60.8 Å². The van der Waals surface area contributed by atoms with Crippen LogP contribution in [0.5, 0.6) is 0 Å². The number of carbonyl (C=O) groups excluding carboxylic acids is 1. The molecule has 4 rings (SSSR count). The molecule has 0 saturated heterocycles. The van der Waals surface area contributed by atoms with Gasteiger partial charge in [-0.2, -0.15) is 9.36 Å². The fraction of sp³-hybridized carbons (Fsp3) is 0. The second-order valence-corrected chi connectivity index (χ2v) is 8.17. The van der Waals surface area contributed by atoms with E-state index in [1.54, 1.807) is 24.3 Å². The monoisotopic (exact) mass is 433 g/mol. The molecule has 0 radical (unpaired) electrons. The Morgan fingerprint density at radius 1 is 1.20 bits per heavy atom. The number of halogens is 1. The van der Waals surface area contributed by atoms with Gasteiger partial charge in [-0.15, -0.1) is 11.3 Å². The van der Waals surface area contributed by atoms with Crippen molar-refractivity contribution in [1.29, 1.82) is 0 Å². The van der Waals surface area contributed by atoms with Gasteiger partial charge in [0.25, 0.3) is 5.91 Å². The van der Waals surface area contributed by atoms with Gasteiger partial charge >= 0.3 is 0 Å². The first-order valence-corrected chi connectivity index (χ1v) is 9.42. The Bertz CT molecular complexity index is 1150. The summed E-state index contributed by atoms with van der Waals surface area (Å²) in [7, 11) is 0. The van der Waals surface area contributed by atoms with Crippen LogP contribution in [0.2, 0.25) is 0 Å². The van der Waals surface area contributed by atoms with Crippen molar-refractivity contribution in [3.05, 3.63) is 62.2 Å². The highest BCUT2D eigenvalue weighted by Gasteiger charge is 2.15. The Hall–Kier alpha value is -2.36. The zero-order valence-electron chi connectivity index (χ0n) is 12.4. The van der Waals surface area contributed by atoms with E-state index in [0.29, 0.717) is 21.9 Å². The molecule has 3 heterocycles. The maximum absolute atomic E-state index is 12.4.